The number of alkyl halides is 2. The highest BCUT2D eigenvalue weighted by atomic mass is 35.5. The molecule has 0 unspecified atom stereocenters. The van der Waals surface area contributed by atoms with Crippen LogP contribution in [0.5, 0.6) is 0 Å². The highest BCUT2D eigenvalue weighted by Crippen LogP contribution is 2.34. The minimum absolute atomic E-state index is 0.0360. The number of carbonyl (C=O) groups is 2. The van der Waals surface area contributed by atoms with E-state index in [2.05, 4.69) is 35.4 Å². The Morgan fingerprint density at radius 1 is 0.741 bits per heavy atom. The second-order valence-corrected chi connectivity index (χ2v) is 16.1. The van der Waals surface area contributed by atoms with E-state index in [-0.39, 0.29) is 40.8 Å². The highest BCUT2D eigenvalue weighted by Gasteiger charge is 2.29. The number of alkyl carbamates (subject to hydrolysis) is 2. The van der Waals surface area contributed by atoms with Crippen molar-refractivity contribution in [2.45, 2.75) is 72.9 Å². The quantitative estimate of drug-likeness (QED) is 0.132. The van der Waals surface area contributed by atoms with E-state index in [9.17, 15) is 18.4 Å². The van der Waals surface area contributed by atoms with Crippen LogP contribution in [0.3, 0.4) is 0 Å². The number of ether oxygens (including phenoxy) is 2. The summed E-state index contributed by atoms with van der Waals surface area (Å²) in [5, 5.41) is 7.90. The number of carbonyl (C=O) groups excluding carboxylic acids is 2. The number of aromatic nitrogens is 4. The topological polar surface area (TPSA) is 135 Å². The van der Waals surface area contributed by atoms with Gasteiger partial charge in [0.2, 0.25) is 5.28 Å². The van der Waals surface area contributed by atoms with Gasteiger partial charge in [-0.05, 0) is 85.5 Å². The zero-order chi connectivity index (χ0) is 41.5. The van der Waals surface area contributed by atoms with Crippen LogP contribution in [0.25, 0.3) is 33.2 Å². The van der Waals surface area contributed by atoms with Crippen LogP contribution in [0.15, 0.2) is 60.7 Å². The summed E-state index contributed by atoms with van der Waals surface area (Å²) in [7, 11) is 0. The smallest absolute Gasteiger partial charge is 0.407 e. The van der Waals surface area contributed by atoms with Gasteiger partial charge >= 0.3 is 12.2 Å². The van der Waals surface area contributed by atoms with E-state index < -0.39 is 12.5 Å². The van der Waals surface area contributed by atoms with Crippen LogP contribution in [0.4, 0.5) is 30.0 Å². The Morgan fingerprint density at radius 3 is 1.76 bits per heavy atom. The number of nitrogens with zero attached hydrogens (tertiary/aromatic N) is 6. The molecule has 2 atom stereocenters. The van der Waals surface area contributed by atoms with Crippen molar-refractivity contribution in [1.29, 1.82) is 0 Å². The first-order chi connectivity index (χ1) is 27.7. The molecule has 2 aromatic heterocycles. The Balaban J connectivity index is 0.000000203. The van der Waals surface area contributed by atoms with Crippen molar-refractivity contribution in [2.24, 2.45) is 11.8 Å². The van der Waals surface area contributed by atoms with Crippen LogP contribution in [-0.4, -0.2) is 83.6 Å². The van der Waals surface area contributed by atoms with Crippen molar-refractivity contribution in [3.05, 3.63) is 82.6 Å². The molecule has 308 valence electrons. The van der Waals surface area contributed by atoms with Crippen molar-refractivity contribution >= 4 is 57.2 Å². The highest BCUT2D eigenvalue weighted by molar-refractivity contribution is 6.28. The fraction of sp³-hybridized carbons (Fsp3) is 0.442. The van der Waals surface area contributed by atoms with Crippen molar-refractivity contribution in [3.8, 4) is 11.4 Å². The third-order valence-corrected chi connectivity index (χ3v) is 9.96. The van der Waals surface area contributed by atoms with E-state index in [4.69, 9.17) is 26.1 Å². The fourth-order valence-corrected chi connectivity index (χ4v) is 7.13. The molecular weight excluding hydrogens is 766 g/mol. The molecule has 0 radical (unpaired) electrons. The maximum Gasteiger partial charge on any atom is 0.407 e. The molecule has 2 N–H and O–H groups in total. The Bertz CT molecular complexity index is 2240. The number of halogens is 3. The third kappa shape index (κ3) is 10.8. The van der Waals surface area contributed by atoms with Gasteiger partial charge in [-0.15, -0.1) is 0 Å². The molecule has 0 spiro atoms. The molecule has 2 fully saturated rings. The SMILES string of the molecule is Cc1ccc2c(N3CC[C@@H](NC(=O)OCC(C)C)C3)nc(-c3ccccc3C(F)F)nc2c1.Cc1ccc2c(N3CC[C@@H](NC(=O)OCC(C)C)C3)nc(Cl)nc2c1. The lowest BCUT2D eigenvalue weighted by atomic mass is 10.1. The summed E-state index contributed by atoms with van der Waals surface area (Å²) in [6.45, 7) is 15.5. The molecule has 7 rings (SSSR count). The van der Waals surface area contributed by atoms with Crippen molar-refractivity contribution < 1.29 is 27.8 Å². The van der Waals surface area contributed by atoms with E-state index in [1.165, 1.54) is 6.07 Å². The standard InChI is InChI=1S/C25H28F2N4O2.C18H23ClN4O2/c1-15(2)14-33-25(32)28-17-10-11-31(13-17)24-20-9-8-16(3)12-21(20)29-23(30-24)19-7-5-4-6-18(19)22(26)27;1-11(2)10-25-18(24)20-13-6-7-23(9-13)16-14-5-4-12(3)8-15(14)21-17(19)22-16/h4-9,12,15,17,22H,10-11,13-14H2,1-3H3,(H,28,32);4-5,8,11,13H,6-7,9-10H2,1-3H3,(H,20,24)/t17-;13-/m11/s1. The van der Waals surface area contributed by atoms with Crippen LogP contribution in [0.2, 0.25) is 5.28 Å². The van der Waals surface area contributed by atoms with Crippen LogP contribution in [0.1, 0.15) is 63.7 Å². The molecule has 0 aliphatic carbocycles. The minimum atomic E-state index is -2.63. The summed E-state index contributed by atoms with van der Waals surface area (Å²) >= 11 is 6.11. The number of hydrogen-bond acceptors (Lipinski definition) is 10. The lowest BCUT2D eigenvalue weighted by Crippen LogP contribution is -2.38. The molecule has 2 aliphatic heterocycles. The average Bonchev–Trinajstić information content (AvgIpc) is 3.85. The molecule has 3 aromatic carbocycles. The molecule has 4 heterocycles. The molecule has 2 saturated heterocycles. The first-order valence-electron chi connectivity index (χ1n) is 19.7. The van der Waals surface area contributed by atoms with Gasteiger partial charge in [0.25, 0.3) is 6.43 Å². The zero-order valence-corrected chi connectivity index (χ0v) is 34.5. The number of fused-ring (bicyclic) bond motifs is 2. The zero-order valence-electron chi connectivity index (χ0n) is 33.8. The van der Waals surface area contributed by atoms with E-state index in [0.29, 0.717) is 55.7 Å². The van der Waals surface area contributed by atoms with Crippen LogP contribution < -0.4 is 20.4 Å². The number of nitrogens with one attached hydrogen (secondary N) is 2. The monoisotopic (exact) mass is 816 g/mol. The summed E-state index contributed by atoms with van der Waals surface area (Å²) < 4.78 is 37.8. The predicted octanol–water partition coefficient (Wildman–Crippen LogP) is 9.06. The number of aryl methyl sites for hydroxylation is 2. The molecule has 2 amide bonds. The van der Waals surface area contributed by atoms with Gasteiger partial charge in [-0.2, -0.15) is 4.98 Å². The first kappa shape index (κ1) is 42.2. The lowest BCUT2D eigenvalue weighted by Gasteiger charge is -2.21. The number of amides is 2. The third-order valence-electron chi connectivity index (χ3n) is 9.79. The molecule has 15 heteroatoms. The van der Waals surface area contributed by atoms with Crippen LogP contribution >= 0.6 is 11.6 Å². The normalized spacial score (nSPS) is 16.6. The lowest BCUT2D eigenvalue weighted by molar-refractivity contribution is 0.129. The minimum Gasteiger partial charge on any atom is -0.449 e. The van der Waals surface area contributed by atoms with E-state index >= 15 is 0 Å². The molecule has 0 saturated carbocycles. The molecule has 58 heavy (non-hydrogen) atoms. The fourth-order valence-electron chi connectivity index (χ4n) is 6.95. The van der Waals surface area contributed by atoms with Gasteiger partial charge in [0.1, 0.15) is 11.6 Å². The van der Waals surface area contributed by atoms with Gasteiger partial charge in [0.15, 0.2) is 5.82 Å². The molecular formula is C43H51ClF2N8O4. The van der Waals surface area contributed by atoms with Gasteiger partial charge in [0, 0.05) is 48.1 Å². The summed E-state index contributed by atoms with van der Waals surface area (Å²) in [5.41, 5.74) is 3.92. The number of hydrogen-bond donors (Lipinski definition) is 2. The first-order valence-corrected chi connectivity index (χ1v) is 20.1. The Labute approximate surface area is 342 Å². The van der Waals surface area contributed by atoms with Gasteiger partial charge < -0.3 is 29.9 Å². The van der Waals surface area contributed by atoms with Gasteiger partial charge in [-0.25, -0.2) is 33.3 Å². The number of anilines is 2. The summed E-state index contributed by atoms with van der Waals surface area (Å²) in [6, 6.07) is 18.2. The molecule has 0 bridgehead atoms. The number of benzene rings is 3. The van der Waals surface area contributed by atoms with Crippen molar-refractivity contribution in [2.75, 3.05) is 49.2 Å². The van der Waals surface area contributed by atoms with Crippen LogP contribution in [-0.2, 0) is 9.47 Å². The predicted molar refractivity (Wildman–Crippen MR) is 224 cm³/mol. The maximum absolute atomic E-state index is 13.7. The molecule has 12 nitrogen and oxygen atoms in total. The Hall–Kier alpha value is -5.37. The second kappa shape index (κ2) is 18.9. The summed E-state index contributed by atoms with van der Waals surface area (Å²) in [6.07, 6.45) is -1.84. The maximum atomic E-state index is 13.7. The summed E-state index contributed by atoms with van der Waals surface area (Å²) in [5.74, 6) is 2.35. The molecule has 2 aliphatic rings. The van der Waals surface area contributed by atoms with Gasteiger partial charge in [-0.1, -0.05) is 64.1 Å². The summed E-state index contributed by atoms with van der Waals surface area (Å²) in [4.78, 5) is 46.3. The van der Waals surface area contributed by atoms with Gasteiger partial charge in [-0.3, -0.25) is 0 Å². The van der Waals surface area contributed by atoms with Crippen molar-refractivity contribution in [1.82, 2.24) is 30.6 Å². The largest absolute Gasteiger partial charge is 0.449 e. The Morgan fingerprint density at radius 2 is 1.24 bits per heavy atom. The van der Waals surface area contributed by atoms with Crippen LogP contribution in [0, 0.1) is 25.7 Å². The number of rotatable bonds is 10. The second-order valence-electron chi connectivity index (χ2n) is 15.8. The van der Waals surface area contributed by atoms with E-state index in [0.717, 1.165) is 52.6 Å². The van der Waals surface area contributed by atoms with E-state index in [1.54, 1.807) is 18.2 Å². The molecule has 5 aromatic rings. The van der Waals surface area contributed by atoms with E-state index in [1.807, 2.05) is 77.9 Å². The van der Waals surface area contributed by atoms with Crippen molar-refractivity contribution in [3.63, 3.8) is 0 Å². The van der Waals surface area contributed by atoms with Gasteiger partial charge in [0.05, 0.1) is 36.3 Å². The average molecular weight is 817 g/mol. The Kier molecular flexibility index (Phi) is 13.8.